The van der Waals surface area contributed by atoms with Gasteiger partial charge in [-0.3, -0.25) is 0 Å². The van der Waals surface area contributed by atoms with E-state index in [2.05, 4.69) is 25.2 Å². The van der Waals surface area contributed by atoms with Crippen LogP contribution in [0.15, 0.2) is 24.3 Å². The van der Waals surface area contributed by atoms with Gasteiger partial charge in [-0.15, -0.1) is 0 Å². The van der Waals surface area contributed by atoms with Crippen LogP contribution in [0.4, 0.5) is 10.1 Å². The highest BCUT2D eigenvalue weighted by Crippen LogP contribution is 2.45. The maximum absolute atomic E-state index is 12.9. The van der Waals surface area contributed by atoms with Gasteiger partial charge in [0.2, 0.25) is 0 Å². The van der Waals surface area contributed by atoms with E-state index in [4.69, 9.17) is 0 Å². The molecule has 2 rings (SSSR count). The summed E-state index contributed by atoms with van der Waals surface area (Å²) in [6.45, 7) is 4.26. The van der Waals surface area contributed by atoms with Crippen LogP contribution in [-0.4, -0.2) is 5.54 Å². The lowest BCUT2D eigenvalue weighted by Gasteiger charge is -2.46. The zero-order valence-electron chi connectivity index (χ0n) is 11.0. The second-order valence-corrected chi connectivity index (χ2v) is 5.74. The van der Waals surface area contributed by atoms with Gasteiger partial charge in [0.25, 0.3) is 0 Å². The van der Waals surface area contributed by atoms with Crippen LogP contribution in [0.3, 0.4) is 0 Å². The number of rotatable bonds is 2. The third-order valence-corrected chi connectivity index (χ3v) is 4.15. The van der Waals surface area contributed by atoms with Gasteiger partial charge >= 0.3 is 0 Å². The molecule has 0 radical (unpaired) electrons. The molecule has 1 unspecified atom stereocenters. The Hall–Kier alpha value is -1.56. The minimum absolute atomic E-state index is 0.0750. The molecule has 0 spiro atoms. The zero-order chi connectivity index (χ0) is 13.2. The highest BCUT2D eigenvalue weighted by molar-refractivity contribution is 5.49. The molecule has 1 atom stereocenters. The summed E-state index contributed by atoms with van der Waals surface area (Å²) in [6, 6.07) is 8.69. The Morgan fingerprint density at radius 3 is 2.33 bits per heavy atom. The van der Waals surface area contributed by atoms with Gasteiger partial charge in [-0.25, -0.2) is 4.39 Å². The van der Waals surface area contributed by atoms with Gasteiger partial charge < -0.3 is 5.32 Å². The zero-order valence-corrected chi connectivity index (χ0v) is 11.0. The first-order valence-electron chi connectivity index (χ1n) is 6.44. The third kappa shape index (κ3) is 2.20. The van der Waals surface area contributed by atoms with Crippen LogP contribution in [0.2, 0.25) is 0 Å². The number of nitriles is 1. The highest BCUT2D eigenvalue weighted by Gasteiger charge is 2.47. The topological polar surface area (TPSA) is 35.8 Å². The second-order valence-electron chi connectivity index (χ2n) is 5.74. The van der Waals surface area contributed by atoms with Crippen molar-refractivity contribution in [3.8, 4) is 6.07 Å². The molecule has 0 amide bonds. The fourth-order valence-electron chi connectivity index (χ4n) is 2.76. The van der Waals surface area contributed by atoms with Crippen LogP contribution in [0, 0.1) is 22.6 Å². The van der Waals surface area contributed by atoms with Gasteiger partial charge in [0, 0.05) is 11.1 Å². The fourth-order valence-corrected chi connectivity index (χ4v) is 2.76. The van der Waals surface area contributed by atoms with Crippen LogP contribution >= 0.6 is 0 Å². The molecule has 1 aromatic carbocycles. The Kier molecular flexibility index (Phi) is 3.30. The molecule has 1 saturated carbocycles. The monoisotopic (exact) mass is 246 g/mol. The first-order valence-corrected chi connectivity index (χ1v) is 6.44. The van der Waals surface area contributed by atoms with E-state index < -0.39 is 5.54 Å². The van der Waals surface area contributed by atoms with Crippen LogP contribution in [0.25, 0.3) is 0 Å². The summed E-state index contributed by atoms with van der Waals surface area (Å²) >= 11 is 0. The predicted molar refractivity (Wildman–Crippen MR) is 70.6 cm³/mol. The molecule has 1 aliphatic carbocycles. The molecule has 0 aliphatic heterocycles. The van der Waals surface area contributed by atoms with E-state index in [-0.39, 0.29) is 11.2 Å². The molecule has 1 aromatic rings. The third-order valence-electron chi connectivity index (χ3n) is 4.15. The Morgan fingerprint density at radius 1 is 1.17 bits per heavy atom. The van der Waals surface area contributed by atoms with Crippen LogP contribution < -0.4 is 5.32 Å². The summed E-state index contributed by atoms with van der Waals surface area (Å²) in [5.41, 5.74) is 0.185. The Labute approximate surface area is 108 Å². The molecule has 3 heteroatoms. The lowest BCUT2D eigenvalue weighted by atomic mass is 9.63. The lowest BCUT2D eigenvalue weighted by Crippen LogP contribution is -2.52. The van der Waals surface area contributed by atoms with Crippen molar-refractivity contribution in [2.45, 2.75) is 45.1 Å². The van der Waals surface area contributed by atoms with E-state index in [1.54, 1.807) is 12.1 Å². The Bertz CT molecular complexity index is 458. The van der Waals surface area contributed by atoms with Crippen LogP contribution in [-0.2, 0) is 0 Å². The summed E-state index contributed by atoms with van der Waals surface area (Å²) < 4.78 is 12.9. The van der Waals surface area contributed by atoms with Gasteiger partial charge in [-0.05, 0) is 43.5 Å². The number of hydrogen-bond acceptors (Lipinski definition) is 2. The van der Waals surface area contributed by atoms with Crippen molar-refractivity contribution in [1.82, 2.24) is 0 Å². The highest BCUT2D eigenvalue weighted by atomic mass is 19.1. The van der Waals surface area contributed by atoms with Crippen molar-refractivity contribution in [3.05, 3.63) is 30.1 Å². The van der Waals surface area contributed by atoms with E-state index >= 15 is 0 Å². The van der Waals surface area contributed by atoms with Crippen molar-refractivity contribution in [3.63, 3.8) is 0 Å². The summed E-state index contributed by atoms with van der Waals surface area (Å²) in [5, 5.41) is 12.9. The first kappa shape index (κ1) is 12.9. The van der Waals surface area contributed by atoms with E-state index in [0.717, 1.165) is 24.9 Å². The molecule has 18 heavy (non-hydrogen) atoms. The minimum atomic E-state index is -0.553. The Morgan fingerprint density at radius 2 is 1.78 bits per heavy atom. The molecule has 1 N–H and O–H groups in total. The number of hydrogen-bond donors (Lipinski definition) is 1. The molecule has 96 valence electrons. The standard InChI is InChI=1S/C15H19FN2/c1-14(2)9-3-4-10-15(14,11-17)18-13-7-5-12(16)6-8-13/h5-8,18H,3-4,9-10H2,1-2H3. The first-order chi connectivity index (χ1) is 8.49. The maximum Gasteiger partial charge on any atom is 0.130 e. The average Bonchev–Trinajstić information content (AvgIpc) is 2.34. The van der Waals surface area contributed by atoms with Crippen molar-refractivity contribution in [2.24, 2.45) is 5.41 Å². The number of benzene rings is 1. The SMILES string of the molecule is CC1(C)CCCCC1(C#N)Nc1ccc(F)cc1. The molecule has 0 bridgehead atoms. The second kappa shape index (κ2) is 4.61. The van der Waals surface area contributed by atoms with Gasteiger partial charge in [-0.2, -0.15) is 5.26 Å². The van der Waals surface area contributed by atoms with Crippen molar-refractivity contribution in [1.29, 1.82) is 5.26 Å². The molecule has 2 nitrogen and oxygen atoms in total. The number of halogens is 1. The smallest absolute Gasteiger partial charge is 0.130 e. The molecule has 0 heterocycles. The quantitative estimate of drug-likeness (QED) is 0.852. The average molecular weight is 246 g/mol. The van der Waals surface area contributed by atoms with Gasteiger partial charge in [0.15, 0.2) is 0 Å². The summed E-state index contributed by atoms with van der Waals surface area (Å²) in [6.07, 6.45) is 4.11. The van der Waals surface area contributed by atoms with E-state index in [0.29, 0.717) is 0 Å². The molecule has 0 saturated heterocycles. The molecule has 1 aliphatic rings. The molecular weight excluding hydrogens is 227 g/mol. The minimum Gasteiger partial charge on any atom is -0.367 e. The fraction of sp³-hybridized carbons (Fsp3) is 0.533. The summed E-state index contributed by atoms with van der Waals surface area (Å²) in [5.74, 6) is -0.255. The lowest BCUT2D eigenvalue weighted by molar-refractivity contribution is 0.164. The van der Waals surface area contributed by atoms with Crippen LogP contribution in [0.1, 0.15) is 39.5 Å². The number of anilines is 1. The Balaban J connectivity index is 2.28. The summed E-state index contributed by atoms with van der Waals surface area (Å²) in [4.78, 5) is 0. The van der Waals surface area contributed by atoms with Crippen molar-refractivity contribution >= 4 is 5.69 Å². The normalized spacial score (nSPS) is 26.3. The van der Waals surface area contributed by atoms with Crippen molar-refractivity contribution in [2.75, 3.05) is 5.32 Å². The largest absolute Gasteiger partial charge is 0.367 e. The van der Waals surface area contributed by atoms with Crippen LogP contribution in [0.5, 0.6) is 0 Å². The number of nitrogens with zero attached hydrogens (tertiary/aromatic N) is 1. The van der Waals surface area contributed by atoms with E-state index in [9.17, 15) is 9.65 Å². The van der Waals surface area contributed by atoms with Gasteiger partial charge in [0.05, 0.1) is 6.07 Å². The number of nitrogens with one attached hydrogen (secondary N) is 1. The molecule has 1 fully saturated rings. The molecular formula is C15H19FN2. The van der Waals surface area contributed by atoms with E-state index in [1.807, 2.05) is 0 Å². The summed E-state index contributed by atoms with van der Waals surface area (Å²) in [7, 11) is 0. The predicted octanol–water partition coefficient (Wildman–Crippen LogP) is 4.10. The van der Waals surface area contributed by atoms with E-state index in [1.165, 1.54) is 18.6 Å². The van der Waals surface area contributed by atoms with Gasteiger partial charge in [-0.1, -0.05) is 20.3 Å². The van der Waals surface area contributed by atoms with Crippen molar-refractivity contribution < 1.29 is 4.39 Å². The van der Waals surface area contributed by atoms with Gasteiger partial charge in [0.1, 0.15) is 11.4 Å². The molecule has 0 aromatic heterocycles. The maximum atomic E-state index is 12.9.